The van der Waals surface area contributed by atoms with Gasteiger partial charge in [-0.15, -0.1) is 11.3 Å². The van der Waals surface area contributed by atoms with Crippen molar-refractivity contribution < 1.29 is 4.39 Å². The van der Waals surface area contributed by atoms with E-state index < -0.39 is 0 Å². The number of anilines is 1. The number of aromatic nitrogens is 3. The lowest BCUT2D eigenvalue weighted by Crippen LogP contribution is -2.53. The van der Waals surface area contributed by atoms with E-state index in [0.29, 0.717) is 29.8 Å². The number of halogens is 1. The van der Waals surface area contributed by atoms with E-state index in [2.05, 4.69) is 32.8 Å². The molecule has 1 saturated heterocycles. The minimum atomic E-state index is -0.263. The number of pyridine rings is 2. The molecule has 4 heterocycles. The molecular weight excluding hydrogens is 451 g/mol. The molecule has 2 atom stereocenters. The predicted molar refractivity (Wildman–Crippen MR) is 130 cm³/mol. The molecule has 9 heteroatoms. The molecule has 0 aliphatic carbocycles. The van der Waals surface area contributed by atoms with E-state index in [4.69, 9.17) is 0 Å². The Hall–Kier alpha value is -3.61. The first-order chi connectivity index (χ1) is 16.5. The first kappa shape index (κ1) is 22.2. The average molecular weight is 475 g/mol. The Morgan fingerprint density at radius 3 is 2.68 bits per heavy atom. The van der Waals surface area contributed by atoms with Crippen LogP contribution in [0.1, 0.15) is 29.9 Å². The van der Waals surface area contributed by atoms with Gasteiger partial charge in [0.05, 0.1) is 28.5 Å². The fraction of sp³-hybridized carbons (Fsp3) is 0.280. The van der Waals surface area contributed by atoms with Crippen molar-refractivity contribution in [2.45, 2.75) is 19.0 Å². The summed E-state index contributed by atoms with van der Waals surface area (Å²) in [6.07, 6.45) is 0. The second-order valence-corrected chi connectivity index (χ2v) is 9.23. The molecule has 0 spiro atoms. The molecule has 172 valence electrons. The van der Waals surface area contributed by atoms with Crippen molar-refractivity contribution in [3.05, 3.63) is 86.5 Å². The van der Waals surface area contributed by atoms with Crippen LogP contribution in [0.2, 0.25) is 0 Å². The van der Waals surface area contributed by atoms with Crippen molar-refractivity contribution in [1.29, 1.82) is 5.26 Å². The Morgan fingerprint density at radius 2 is 2.00 bits per heavy atom. The highest BCUT2D eigenvalue weighted by atomic mass is 32.1. The number of nitrogens with zero attached hydrogens (tertiary/aromatic N) is 6. The van der Waals surface area contributed by atoms with Gasteiger partial charge < -0.3 is 9.47 Å². The lowest BCUT2D eigenvalue weighted by molar-refractivity contribution is 0.186. The fourth-order valence-corrected chi connectivity index (χ4v) is 5.31. The number of rotatable bonds is 4. The van der Waals surface area contributed by atoms with Gasteiger partial charge in [-0.05, 0) is 36.8 Å². The first-order valence-corrected chi connectivity index (χ1v) is 12.0. The van der Waals surface area contributed by atoms with E-state index in [0.717, 1.165) is 23.5 Å². The van der Waals surface area contributed by atoms with E-state index in [1.54, 1.807) is 41.2 Å². The minimum Gasteiger partial charge on any atom is -0.364 e. The van der Waals surface area contributed by atoms with Crippen LogP contribution in [-0.4, -0.2) is 45.1 Å². The highest BCUT2D eigenvalue weighted by Gasteiger charge is 2.32. The van der Waals surface area contributed by atoms with Crippen molar-refractivity contribution in [3.8, 4) is 6.07 Å². The number of fused-ring (bicyclic) bond motifs is 1. The number of piperazine rings is 1. The highest BCUT2D eigenvalue weighted by Crippen LogP contribution is 2.33. The number of hydrogen-bond donors (Lipinski definition) is 0. The summed E-state index contributed by atoms with van der Waals surface area (Å²) >= 11 is 1.54. The molecule has 1 aliphatic heterocycles. The van der Waals surface area contributed by atoms with Crippen molar-refractivity contribution in [3.63, 3.8) is 0 Å². The average Bonchev–Trinajstić information content (AvgIpc) is 3.37. The van der Waals surface area contributed by atoms with Crippen LogP contribution in [-0.2, 0) is 7.05 Å². The Balaban J connectivity index is 1.50. The minimum absolute atomic E-state index is 0.0678. The molecule has 0 radical (unpaired) electrons. The largest absolute Gasteiger partial charge is 0.364 e. The summed E-state index contributed by atoms with van der Waals surface area (Å²) in [5.41, 5.74) is 6.04. The Kier molecular flexibility index (Phi) is 5.86. The Morgan fingerprint density at radius 1 is 1.21 bits per heavy atom. The molecule has 1 fully saturated rings. The van der Waals surface area contributed by atoms with Crippen LogP contribution in [0.3, 0.4) is 0 Å². The normalized spacial score (nSPS) is 17.6. The third-order valence-corrected chi connectivity index (χ3v) is 7.04. The van der Waals surface area contributed by atoms with Crippen molar-refractivity contribution in [2.24, 2.45) is 7.05 Å². The molecule has 1 aromatic carbocycles. The number of aryl methyl sites for hydroxylation is 1. The highest BCUT2D eigenvalue weighted by molar-refractivity contribution is 7.07. The van der Waals surface area contributed by atoms with Crippen LogP contribution >= 0.6 is 11.3 Å². The van der Waals surface area contributed by atoms with Gasteiger partial charge >= 0.3 is 0 Å². The lowest BCUT2D eigenvalue weighted by Gasteiger charge is -2.44. The van der Waals surface area contributed by atoms with Crippen LogP contribution in [0, 0.1) is 17.1 Å². The molecule has 1 unspecified atom stereocenters. The monoisotopic (exact) mass is 474 g/mol. The number of thiazole rings is 1. The summed E-state index contributed by atoms with van der Waals surface area (Å²) in [4.78, 5) is 26.3. The van der Waals surface area contributed by atoms with Crippen molar-refractivity contribution in [2.75, 3.05) is 24.5 Å². The van der Waals surface area contributed by atoms with Crippen LogP contribution in [0.5, 0.6) is 0 Å². The van der Waals surface area contributed by atoms with Gasteiger partial charge in [-0.25, -0.2) is 14.4 Å². The molecule has 5 rings (SSSR count). The zero-order chi connectivity index (χ0) is 23.8. The van der Waals surface area contributed by atoms with Gasteiger partial charge in [0.15, 0.2) is 0 Å². The molecule has 1 aliphatic rings. The second-order valence-electron chi connectivity index (χ2n) is 8.51. The second kappa shape index (κ2) is 8.97. The summed E-state index contributed by atoms with van der Waals surface area (Å²) < 4.78 is 15.1. The van der Waals surface area contributed by atoms with E-state index in [9.17, 15) is 14.4 Å². The van der Waals surface area contributed by atoms with Crippen molar-refractivity contribution in [1.82, 2.24) is 19.4 Å². The van der Waals surface area contributed by atoms with E-state index in [1.165, 1.54) is 12.1 Å². The molecule has 0 bridgehead atoms. The third kappa shape index (κ3) is 3.95. The molecular formula is C25H23FN6OS. The van der Waals surface area contributed by atoms with Gasteiger partial charge in [-0.3, -0.25) is 9.69 Å². The Bertz CT molecular complexity index is 1430. The summed E-state index contributed by atoms with van der Waals surface area (Å²) in [6, 6.07) is 13.7. The predicted octanol–water partition coefficient (Wildman–Crippen LogP) is 3.70. The lowest BCUT2D eigenvalue weighted by atomic mass is 10.00. The quantitative estimate of drug-likeness (QED) is 0.449. The SMILES string of the molecule is C[C@H]1CN(C(c2ccc(F)cc2)c2cscn2)CCN1c1cc(=O)n(C)c2ccc(C#N)nc12. The smallest absolute Gasteiger partial charge is 0.252 e. The van der Waals surface area contributed by atoms with Crippen LogP contribution in [0.25, 0.3) is 11.0 Å². The number of benzene rings is 1. The Labute approximate surface area is 200 Å². The topological polar surface area (TPSA) is 78.0 Å². The molecule has 0 N–H and O–H groups in total. The molecule has 34 heavy (non-hydrogen) atoms. The number of hydrogen-bond acceptors (Lipinski definition) is 7. The molecule has 7 nitrogen and oxygen atoms in total. The third-order valence-electron chi connectivity index (χ3n) is 6.43. The summed E-state index contributed by atoms with van der Waals surface area (Å²) in [7, 11) is 1.71. The maximum absolute atomic E-state index is 13.6. The zero-order valence-electron chi connectivity index (χ0n) is 18.8. The van der Waals surface area contributed by atoms with Gasteiger partial charge in [0, 0.05) is 44.2 Å². The van der Waals surface area contributed by atoms with E-state index in [1.807, 2.05) is 23.0 Å². The van der Waals surface area contributed by atoms with Crippen LogP contribution < -0.4 is 10.5 Å². The van der Waals surface area contributed by atoms with Gasteiger partial charge in [0.25, 0.3) is 5.56 Å². The molecule has 0 saturated carbocycles. The summed E-state index contributed by atoms with van der Waals surface area (Å²) in [6.45, 7) is 4.23. The van der Waals surface area contributed by atoms with Gasteiger partial charge in [-0.1, -0.05) is 12.1 Å². The fourth-order valence-electron chi connectivity index (χ4n) is 4.74. The summed E-state index contributed by atoms with van der Waals surface area (Å²) in [5, 5.41) is 11.4. The molecule has 4 aromatic rings. The van der Waals surface area contributed by atoms with Crippen LogP contribution in [0.4, 0.5) is 10.1 Å². The molecule has 0 amide bonds. The maximum atomic E-state index is 13.6. The van der Waals surface area contributed by atoms with Crippen LogP contribution in [0.15, 0.2) is 58.1 Å². The first-order valence-electron chi connectivity index (χ1n) is 11.0. The van der Waals surface area contributed by atoms with Gasteiger partial charge in [-0.2, -0.15) is 5.26 Å². The molecule has 3 aromatic heterocycles. The van der Waals surface area contributed by atoms with Crippen molar-refractivity contribution >= 4 is 28.1 Å². The van der Waals surface area contributed by atoms with Gasteiger partial charge in [0.2, 0.25) is 0 Å². The van der Waals surface area contributed by atoms with Gasteiger partial charge in [0.1, 0.15) is 23.1 Å². The number of nitriles is 1. The van der Waals surface area contributed by atoms with E-state index in [-0.39, 0.29) is 23.5 Å². The van der Waals surface area contributed by atoms with E-state index >= 15 is 0 Å². The zero-order valence-corrected chi connectivity index (χ0v) is 19.7. The maximum Gasteiger partial charge on any atom is 0.252 e. The summed E-state index contributed by atoms with van der Waals surface area (Å²) in [5.74, 6) is -0.263. The standard InChI is InChI=1S/C25H23FN6OS/c1-16-13-31(25(20-14-34-15-28-20)17-3-5-18(26)6-4-17)9-10-32(16)22-11-23(33)30(2)21-8-7-19(12-27)29-24(21)22/h3-8,11,14-16,25H,9-10,13H2,1-2H3/t16-,25?/m0/s1.